The smallest absolute Gasteiger partial charge is 0.112 e. The summed E-state index contributed by atoms with van der Waals surface area (Å²) in [4.78, 5) is 4.59. The molecule has 0 saturated heterocycles. The fraction of sp³-hybridized carbons (Fsp3) is 0.727. The molecule has 0 unspecified atom stereocenters. The van der Waals surface area contributed by atoms with Crippen molar-refractivity contribution in [2.45, 2.75) is 51.2 Å². The van der Waals surface area contributed by atoms with Gasteiger partial charge in [0.1, 0.15) is 5.82 Å². The average molecular weight is 192 g/mol. The van der Waals surface area contributed by atoms with Crippen LogP contribution in [0, 0.1) is 0 Å². The van der Waals surface area contributed by atoms with Crippen molar-refractivity contribution in [3.8, 4) is 0 Å². The second-order valence-electron chi connectivity index (χ2n) is 4.40. The van der Waals surface area contributed by atoms with Crippen LogP contribution in [0.1, 0.15) is 48.8 Å². The Morgan fingerprint density at radius 2 is 2.21 bits per heavy atom. The molecule has 1 aromatic heterocycles. The number of aliphatic hydroxyl groups excluding tert-OH is 1. The normalized spacial score (nSPS) is 20.9. The fourth-order valence-electron chi connectivity index (χ4n) is 2.43. The molecule has 0 bridgehead atoms. The number of aromatic nitrogens is 2. The van der Waals surface area contributed by atoms with Crippen molar-refractivity contribution in [3.63, 3.8) is 0 Å². The van der Waals surface area contributed by atoms with E-state index in [1.165, 1.54) is 37.2 Å². The van der Waals surface area contributed by atoms with Crippen LogP contribution < -0.4 is 0 Å². The highest BCUT2D eigenvalue weighted by atomic mass is 16.3. The van der Waals surface area contributed by atoms with Crippen LogP contribution in [0.5, 0.6) is 0 Å². The third kappa shape index (κ3) is 1.19. The molecule has 1 aliphatic carbocycles. The minimum absolute atomic E-state index is 0.113. The summed E-state index contributed by atoms with van der Waals surface area (Å²) in [6.45, 7) is 1.23. The summed E-state index contributed by atoms with van der Waals surface area (Å²) in [6, 6.07) is 0. The van der Waals surface area contributed by atoms with E-state index in [0.29, 0.717) is 5.92 Å². The van der Waals surface area contributed by atoms with Crippen molar-refractivity contribution in [2.75, 3.05) is 0 Å². The highest BCUT2D eigenvalue weighted by Gasteiger charge is 2.31. The average Bonchev–Trinajstić information content (AvgIpc) is 3.00. The van der Waals surface area contributed by atoms with Crippen molar-refractivity contribution < 1.29 is 5.11 Å². The summed E-state index contributed by atoms with van der Waals surface area (Å²) in [6.07, 6.45) is 6.22. The van der Waals surface area contributed by atoms with E-state index in [0.717, 1.165) is 18.7 Å². The number of hydrogen-bond acceptors (Lipinski definition) is 2. The van der Waals surface area contributed by atoms with Gasteiger partial charge in [-0.05, 0) is 32.1 Å². The van der Waals surface area contributed by atoms with Gasteiger partial charge in [-0.1, -0.05) is 0 Å². The molecule has 1 aromatic rings. The van der Waals surface area contributed by atoms with Gasteiger partial charge in [0.2, 0.25) is 0 Å². The van der Waals surface area contributed by atoms with Crippen molar-refractivity contribution in [2.24, 2.45) is 0 Å². The lowest BCUT2D eigenvalue weighted by molar-refractivity contribution is 0.275. The van der Waals surface area contributed by atoms with Crippen LogP contribution in [0.3, 0.4) is 0 Å². The molecular weight excluding hydrogens is 176 g/mol. The molecule has 3 rings (SSSR count). The molecule has 0 radical (unpaired) electrons. The van der Waals surface area contributed by atoms with Gasteiger partial charge in [-0.15, -0.1) is 0 Å². The van der Waals surface area contributed by atoms with Gasteiger partial charge in [0, 0.05) is 18.2 Å². The van der Waals surface area contributed by atoms with E-state index in [1.807, 2.05) is 0 Å². The van der Waals surface area contributed by atoms with Gasteiger partial charge in [-0.2, -0.15) is 0 Å². The molecule has 2 heterocycles. The Labute approximate surface area is 83.8 Å². The molecule has 2 aliphatic rings. The van der Waals surface area contributed by atoms with Crippen molar-refractivity contribution >= 4 is 0 Å². The predicted octanol–water partition coefficient (Wildman–Crippen LogP) is 1.59. The quantitative estimate of drug-likeness (QED) is 0.772. The van der Waals surface area contributed by atoms with E-state index < -0.39 is 0 Å². The maximum atomic E-state index is 9.23. The molecule has 3 heteroatoms. The highest BCUT2D eigenvalue weighted by Crippen LogP contribution is 2.41. The van der Waals surface area contributed by atoms with Gasteiger partial charge < -0.3 is 9.67 Å². The van der Waals surface area contributed by atoms with Crippen LogP contribution in [-0.4, -0.2) is 14.7 Å². The number of aliphatic hydroxyl groups is 1. The largest absolute Gasteiger partial charge is 0.390 e. The molecule has 76 valence electrons. The zero-order valence-electron chi connectivity index (χ0n) is 8.37. The van der Waals surface area contributed by atoms with E-state index in [4.69, 9.17) is 0 Å². The molecule has 1 saturated carbocycles. The minimum atomic E-state index is 0.113. The fourth-order valence-corrected chi connectivity index (χ4v) is 2.43. The van der Waals surface area contributed by atoms with Gasteiger partial charge in [0.15, 0.2) is 0 Å². The predicted molar refractivity (Wildman–Crippen MR) is 53.1 cm³/mol. The Bertz CT molecular complexity index is 352. The van der Waals surface area contributed by atoms with Crippen molar-refractivity contribution in [1.29, 1.82) is 0 Å². The molecule has 0 amide bonds. The number of hydrogen-bond donors (Lipinski definition) is 1. The third-order valence-electron chi connectivity index (χ3n) is 3.32. The van der Waals surface area contributed by atoms with Crippen LogP contribution in [0.25, 0.3) is 0 Å². The second-order valence-corrected chi connectivity index (χ2v) is 4.40. The Balaban J connectivity index is 2.07. The van der Waals surface area contributed by atoms with Gasteiger partial charge in [0.25, 0.3) is 0 Å². The van der Waals surface area contributed by atoms with Gasteiger partial charge in [0.05, 0.1) is 12.3 Å². The third-order valence-corrected chi connectivity index (χ3v) is 3.32. The van der Waals surface area contributed by atoms with Crippen LogP contribution >= 0.6 is 0 Å². The molecule has 14 heavy (non-hydrogen) atoms. The van der Waals surface area contributed by atoms with Crippen LogP contribution in [-0.2, 0) is 19.6 Å². The number of fused-ring (bicyclic) bond motifs is 1. The summed E-state index contributed by atoms with van der Waals surface area (Å²) >= 11 is 0. The van der Waals surface area contributed by atoms with E-state index in [9.17, 15) is 5.11 Å². The maximum Gasteiger partial charge on any atom is 0.112 e. The zero-order chi connectivity index (χ0) is 9.54. The molecular formula is C11H16N2O. The summed E-state index contributed by atoms with van der Waals surface area (Å²) < 4.78 is 2.37. The van der Waals surface area contributed by atoms with Gasteiger partial charge in [-0.25, -0.2) is 4.98 Å². The number of nitrogens with zero attached hydrogens (tertiary/aromatic N) is 2. The monoisotopic (exact) mass is 192 g/mol. The lowest BCUT2D eigenvalue weighted by Crippen LogP contribution is -2.13. The standard InChI is InChI=1S/C11H16N2O/c14-7-9-10-3-1-2-6-13(10)11(12-9)8-4-5-8/h8,14H,1-7H2. The van der Waals surface area contributed by atoms with Crippen LogP contribution in [0.15, 0.2) is 0 Å². The summed E-state index contributed by atoms with van der Waals surface area (Å²) in [5.74, 6) is 1.95. The molecule has 3 nitrogen and oxygen atoms in total. The molecule has 1 fully saturated rings. The van der Waals surface area contributed by atoms with E-state index in [1.54, 1.807) is 0 Å². The highest BCUT2D eigenvalue weighted by molar-refractivity contribution is 5.22. The van der Waals surface area contributed by atoms with Gasteiger partial charge >= 0.3 is 0 Å². The lowest BCUT2D eigenvalue weighted by atomic mass is 10.1. The molecule has 0 spiro atoms. The molecule has 0 aromatic carbocycles. The van der Waals surface area contributed by atoms with Crippen molar-refractivity contribution in [3.05, 3.63) is 17.2 Å². The minimum Gasteiger partial charge on any atom is -0.390 e. The first-order valence-electron chi connectivity index (χ1n) is 5.59. The molecule has 0 atom stereocenters. The van der Waals surface area contributed by atoms with Crippen molar-refractivity contribution in [1.82, 2.24) is 9.55 Å². The van der Waals surface area contributed by atoms with Crippen LogP contribution in [0.4, 0.5) is 0 Å². The Kier molecular flexibility index (Phi) is 1.87. The SMILES string of the molecule is OCc1nc(C2CC2)n2c1CCCC2. The summed E-state index contributed by atoms with van der Waals surface area (Å²) in [5, 5.41) is 9.23. The topological polar surface area (TPSA) is 38.1 Å². The maximum absolute atomic E-state index is 9.23. The molecule has 1 aliphatic heterocycles. The van der Waals surface area contributed by atoms with Crippen LogP contribution in [0.2, 0.25) is 0 Å². The Morgan fingerprint density at radius 3 is 2.93 bits per heavy atom. The first kappa shape index (κ1) is 8.48. The number of rotatable bonds is 2. The second kappa shape index (κ2) is 3.09. The molecule has 1 N–H and O–H groups in total. The first-order valence-corrected chi connectivity index (χ1v) is 5.59. The zero-order valence-corrected chi connectivity index (χ0v) is 8.37. The first-order chi connectivity index (χ1) is 6.90. The van der Waals surface area contributed by atoms with E-state index in [-0.39, 0.29) is 6.61 Å². The summed E-state index contributed by atoms with van der Waals surface area (Å²) in [5.41, 5.74) is 2.24. The Morgan fingerprint density at radius 1 is 1.36 bits per heavy atom. The number of imidazole rings is 1. The Hall–Kier alpha value is -0.830. The lowest BCUT2D eigenvalue weighted by Gasteiger charge is -2.16. The van der Waals surface area contributed by atoms with Gasteiger partial charge in [-0.3, -0.25) is 0 Å². The van der Waals surface area contributed by atoms with E-state index in [2.05, 4.69) is 9.55 Å². The summed E-state index contributed by atoms with van der Waals surface area (Å²) in [7, 11) is 0. The van der Waals surface area contributed by atoms with E-state index >= 15 is 0 Å².